The molecule has 0 aliphatic carbocycles. The topological polar surface area (TPSA) is 85.4 Å². The van der Waals surface area contributed by atoms with Crippen LogP contribution in [-0.2, 0) is 14.6 Å². The number of carbonyl (C=O) groups excluding carboxylic acids is 1. The van der Waals surface area contributed by atoms with Crippen molar-refractivity contribution in [1.82, 2.24) is 4.98 Å². The number of rotatable bonds is 4. The summed E-state index contributed by atoms with van der Waals surface area (Å²) in [7, 11) is -1.67. The predicted molar refractivity (Wildman–Crippen MR) is 70.9 cm³/mol. The molecule has 1 fully saturated rings. The molecular formula is C12H16N2O4S. The van der Waals surface area contributed by atoms with Crippen molar-refractivity contribution in [2.75, 3.05) is 24.7 Å². The van der Waals surface area contributed by atoms with Crippen LogP contribution in [0.2, 0.25) is 0 Å². The van der Waals surface area contributed by atoms with Crippen LogP contribution >= 0.6 is 0 Å². The Morgan fingerprint density at radius 2 is 2.37 bits per heavy atom. The summed E-state index contributed by atoms with van der Waals surface area (Å²) in [6, 6.07) is 3.24. The Hall–Kier alpha value is -1.63. The summed E-state index contributed by atoms with van der Waals surface area (Å²) in [4.78, 5) is 15.2. The highest BCUT2D eigenvalue weighted by Gasteiger charge is 2.30. The number of methoxy groups -OCH3 is 1. The van der Waals surface area contributed by atoms with Crippen LogP contribution in [0.1, 0.15) is 23.3 Å². The second kappa shape index (κ2) is 5.56. The predicted octanol–water partition coefficient (Wildman–Crippen LogP) is 0.857. The highest BCUT2D eigenvalue weighted by Crippen LogP contribution is 2.20. The number of hydrogen-bond acceptors (Lipinski definition) is 6. The van der Waals surface area contributed by atoms with Gasteiger partial charge in [0.05, 0.1) is 18.1 Å². The molecule has 1 aliphatic heterocycles. The van der Waals surface area contributed by atoms with Crippen molar-refractivity contribution in [3.63, 3.8) is 0 Å². The number of aromatic nitrogens is 1. The first-order valence-corrected chi connectivity index (χ1v) is 7.74. The standard InChI is InChI=1S/C12H16N2O4S/c1-18-12(15)11-7-9(4-5-13-11)14-8-10-3-2-6-19(10,16)17/h4-5,7,10H,2-3,6,8H2,1H3,(H,13,14). The van der Waals surface area contributed by atoms with E-state index in [0.717, 1.165) is 6.42 Å². The molecule has 1 aliphatic rings. The highest BCUT2D eigenvalue weighted by atomic mass is 32.2. The molecule has 1 atom stereocenters. The summed E-state index contributed by atoms with van der Waals surface area (Å²) >= 11 is 0. The molecule has 1 saturated heterocycles. The lowest BCUT2D eigenvalue weighted by Gasteiger charge is -2.12. The minimum atomic E-state index is -2.96. The zero-order chi connectivity index (χ0) is 13.9. The van der Waals surface area contributed by atoms with E-state index in [1.54, 1.807) is 12.1 Å². The molecule has 104 valence electrons. The van der Waals surface area contributed by atoms with Crippen LogP contribution in [0.5, 0.6) is 0 Å². The maximum atomic E-state index is 11.7. The van der Waals surface area contributed by atoms with Crippen molar-refractivity contribution < 1.29 is 17.9 Å². The van der Waals surface area contributed by atoms with E-state index in [2.05, 4.69) is 15.0 Å². The van der Waals surface area contributed by atoms with Crippen molar-refractivity contribution in [1.29, 1.82) is 0 Å². The van der Waals surface area contributed by atoms with Gasteiger partial charge in [0.2, 0.25) is 0 Å². The third-order valence-corrected chi connectivity index (χ3v) is 5.43. The van der Waals surface area contributed by atoms with Crippen LogP contribution in [0.3, 0.4) is 0 Å². The van der Waals surface area contributed by atoms with E-state index in [0.29, 0.717) is 18.7 Å². The van der Waals surface area contributed by atoms with Crippen molar-refractivity contribution in [2.45, 2.75) is 18.1 Å². The molecule has 19 heavy (non-hydrogen) atoms. The number of sulfone groups is 1. The molecule has 0 saturated carbocycles. The van der Waals surface area contributed by atoms with Gasteiger partial charge >= 0.3 is 5.97 Å². The second-order valence-electron chi connectivity index (χ2n) is 4.43. The van der Waals surface area contributed by atoms with Crippen LogP contribution in [0.25, 0.3) is 0 Å². The van der Waals surface area contributed by atoms with Crippen molar-refractivity contribution in [2.24, 2.45) is 0 Å². The van der Waals surface area contributed by atoms with E-state index in [4.69, 9.17) is 0 Å². The molecule has 1 unspecified atom stereocenters. The SMILES string of the molecule is COC(=O)c1cc(NCC2CCCS2(=O)=O)ccn1. The molecule has 0 bridgehead atoms. The largest absolute Gasteiger partial charge is 0.464 e. The van der Waals surface area contributed by atoms with Gasteiger partial charge in [0.15, 0.2) is 9.84 Å². The summed E-state index contributed by atoms with van der Waals surface area (Å²) in [6.07, 6.45) is 2.89. The van der Waals surface area contributed by atoms with Gasteiger partial charge in [0.1, 0.15) is 5.69 Å². The molecule has 2 heterocycles. The van der Waals surface area contributed by atoms with Crippen LogP contribution in [0.15, 0.2) is 18.3 Å². The van der Waals surface area contributed by atoms with E-state index < -0.39 is 15.8 Å². The van der Waals surface area contributed by atoms with Gasteiger partial charge < -0.3 is 10.1 Å². The third-order valence-electron chi connectivity index (χ3n) is 3.15. The van der Waals surface area contributed by atoms with Gasteiger partial charge in [-0.1, -0.05) is 0 Å². The molecule has 7 heteroatoms. The fourth-order valence-corrected chi connectivity index (χ4v) is 3.84. The number of ether oxygens (including phenoxy) is 1. The first-order valence-electron chi connectivity index (χ1n) is 6.03. The monoisotopic (exact) mass is 284 g/mol. The lowest BCUT2D eigenvalue weighted by Crippen LogP contribution is -2.25. The molecule has 2 rings (SSSR count). The minimum absolute atomic E-state index is 0.196. The van der Waals surface area contributed by atoms with E-state index in [1.165, 1.54) is 13.3 Å². The molecule has 0 amide bonds. The van der Waals surface area contributed by atoms with Gasteiger partial charge in [-0.25, -0.2) is 18.2 Å². The number of hydrogen-bond donors (Lipinski definition) is 1. The fourth-order valence-electron chi connectivity index (χ4n) is 2.08. The summed E-state index contributed by atoms with van der Waals surface area (Å²) in [6.45, 7) is 0.354. The lowest BCUT2D eigenvalue weighted by atomic mass is 10.2. The smallest absolute Gasteiger partial charge is 0.356 e. The van der Waals surface area contributed by atoms with E-state index in [9.17, 15) is 13.2 Å². The maximum Gasteiger partial charge on any atom is 0.356 e. The zero-order valence-corrected chi connectivity index (χ0v) is 11.4. The van der Waals surface area contributed by atoms with Crippen LogP contribution in [0, 0.1) is 0 Å². The Bertz CT molecular complexity index is 571. The average Bonchev–Trinajstić information content (AvgIpc) is 2.74. The number of nitrogens with one attached hydrogen (secondary N) is 1. The van der Waals surface area contributed by atoms with E-state index >= 15 is 0 Å². The maximum absolute atomic E-state index is 11.7. The Morgan fingerprint density at radius 1 is 1.58 bits per heavy atom. The zero-order valence-electron chi connectivity index (χ0n) is 10.6. The summed E-state index contributed by atoms with van der Waals surface area (Å²) in [5.74, 6) is -0.250. The highest BCUT2D eigenvalue weighted by molar-refractivity contribution is 7.92. The van der Waals surface area contributed by atoms with Gasteiger partial charge in [0, 0.05) is 18.4 Å². The van der Waals surface area contributed by atoms with Gasteiger partial charge in [-0.15, -0.1) is 0 Å². The minimum Gasteiger partial charge on any atom is -0.464 e. The average molecular weight is 284 g/mol. The first-order chi connectivity index (χ1) is 9.03. The van der Waals surface area contributed by atoms with Crippen LogP contribution < -0.4 is 5.32 Å². The van der Waals surface area contributed by atoms with E-state index in [1.807, 2.05) is 0 Å². The molecule has 1 aromatic heterocycles. The van der Waals surface area contributed by atoms with E-state index in [-0.39, 0.29) is 16.7 Å². The van der Waals surface area contributed by atoms with Crippen molar-refractivity contribution >= 4 is 21.5 Å². The Kier molecular flexibility index (Phi) is 4.04. The number of anilines is 1. The number of nitrogens with zero attached hydrogens (tertiary/aromatic N) is 1. The quantitative estimate of drug-likeness (QED) is 0.825. The van der Waals surface area contributed by atoms with Crippen molar-refractivity contribution in [3.05, 3.63) is 24.0 Å². The number of carbonyl (C=O) groups is 1. The van der Waals surface area contributed by atoms with Crippen molar-refractivity contribution in [3.8, 4) is 0 Å². The second-order valence-corrected chi connectivity index (χ2v) is 6.83. The van der Waals surface area contributed by atoms with Gasteiger partial charge in [-0.3, -0.25) is 0 Å². The summed E-state index contributed by atoms with van der Waals surface area (Å²) in [5.41, 5.74) is 0.860. The number of pyridine rings is 1. The Labute approximate surface area is 112 Å². The first kappa shape index (κ1) is 13.8. The Balaban J connectivity index is 2.02. The van der Waals surface area contributed by atoms with Crippen LogP contribution in [-0.4, -0.2) is 44.0 Å². The lowest BCUT2D eigenvalue weighted by molar-refractivity contribution is 0.0594. The summed E-state index contributed by atoms with van der Waals surface area (Å²) in [5, 5.41) is 2.69. The molecule has 0 radical (unpaired) electrons. The molecule has 6 nitrogen and oxygen atoms in total. The van der Waals surface area contributed by atoms with Gasteiger partial charge in [-0.2, -0.15) is 0 Å². The van der Waals surface area contributed by atoms with Gasteiger partial charge in [0.25, 0.3) is 0 Å². The molecule has 1 N–H and O–H groups in total. The summed E-state index contributed by atoms with van der Waals surface area (Å²) < 4.78 is 27.9. The number of esters is 1. The van der Waals surface area contributed by atoms with Gasteiger partial charge in [-0.05, 0) is 25.0 Å². The Morgan fingerprint density at radius 3 is 3.00 bits per heavy atom. The fraction of sp³-hybridized carbons (Fsp3) is 0.500. The third kappa shape index (κ3) is 3.23. The molecule has 0 spiro atoms. The normalized spacial score (nSPS) is 21.0. The van der Waals surface area contributed by atoms with Crippen LogP contribution in [0.4, 0.5) is 5.69 Å². The molecule has 1 aromatic rings. The molecule has 0 aromatic carbocycles. The molecular weight excluding hydrogens is 268 g/mol.